The second kappa shape index (κ2) is 1.93. The van der Waals surface area contributed by atoms with Crippen LogP contribution in [0.3, 0.4) is 0 Å². The number of nitrogens with two attached hydrogens (primary N) is 1. The molecule has 0 aliphatic heterocycles. The molecular formula is C6H8N2O. The molecule has 9 heavy (non-hydrogen) atoms. The third kappa shape index (κ3) is 0.937. The van der Waals surface area contributed by atoms with Crippen LogP contribution in [0.1, 0.15) is 12.7 Å². The van der Waals surface area contributed by atoms with Crippen molar-refractivity contribution in [2.24, 2.45) is 0 Å². The summed E-state index contributed by atoms with van der Waals surface area (Å²) in [5.74, 6) is 0.468. The Morgan fingerprint density at radius 1 is 1.78 bits per heavy atom. The highest BCUT2D eigenvalue weighted by Crippen LogP contribution is 2.11. The van der Waals surface area contributed by atoms with Gasteiger partial charge in [-0.05, 0) is 6.92 Å². The Bertz CT molecular complexity index is 227. The lowest BCUT2D eigenvalue weighted by Gasteiger charge is -1.90. The van der Waals surface area contributed by atoms with E-state index in [0.29, 0.717) is 17.2 Å². The third-order valence-corrected chi connectivity index (χ3v) is 1.04. The standard InChI is InChI=1S/C6H8N2O/c1-4(7)6-5(8)2-3-9-6/h2-3,7H,8H2,1H3. The van der Waals surface area contributed by atoms with Crippen LogP contribution in [0, 0.1) is 5.41 Å². The highest BCUT2D eigenvalue weighted by atomic mass is 16.3. The molecule has 1 aromatic rings. The van der Waals surface area contributed by atoms with E-state index in [9.17, 15) is 0 Å². The van der Waals surface area contributed by atoms with Crippen molar-refractivity contribution in [2.45, 2.75) is 6.92 Å². The van der Waals surface area contributed by atoms with Crippen LogP contribution < -0.4 is 5.73 Å². The van der Waals surface area contributed by atoms with Crippen LogP contribution in [0.25, 0.3) is 0 Å². The molecule has 0 radical (unpaired) electrons. The Morgan fingerprint density at radius 2 is 2.44 bits per heavy atom. The monoisotopic (exact) mass is 124 g/mol. The van der Waals surface area contributed by atoms with E-state index in [4.69, 9.17) is 15.6 Å². The van der Waals surface area contributed by atoms with E-state index in [1.165, 1.54) is 6.26 Å². The van der Waals surface area contributed by atoms with Crippen molar-refractivity contribution in [1.29, 1.82) is 5.41 Å². The Labute approximate surface area is 53.0 Å². The summed E-state index contributed by atoms with van der Waals surface area (Å²) in [6.07, 6.45) is 1.47. The fraction of sp³-hybridized carbons (Fsp3) is 0.167. The molecule has 0 amide bonds. The van der Waals surface area contributed by atoms with E-state index in [2.05, 4.69) is 0 Å². The van der Waals surface area contributed by atoms with Gasteiger partial charge in [-0.3, -0.25) is 0 Å². The van der Waals surface area contributed by atoms with Gasteiger partial charge in [0.2, 0.25) is 0 Å². The molecule has 1 aromatic heterocycles. The zero-order valence-corrected chi connectivity index (χ0v) is 5.14. The van der Waals surface area contributed by atoms with E-state index in [0.717, 1.165) is 0 Å². The van der Waals surface area contributed by atoms with E-state index in [-0.39, 0.29) is 0 Å². The number of rotatable bonds is 1. The Morgan fingerprint density at radius 3 is 2.67 bits per heavy atom. The molecule has 1 heterocycles. The molecule has 3 N–H and O–H groups in total. The summed E-state index contributed by atoms with van der Waals surface area (Å²) < 4.78 is 4.88. The molecule has 3 heteroatoms. The van der Waals surface area contributed by atoms with Gasteiger partial charge in [0, 0.05) is 6.07 Å². The largest absolute Gasteiger partial charge is 0.461 e. The summed E-state index contributed by atoms with van der Waals surface area (Å²) in [7, 11) is 0. The molecule has 0 spiro atoms. The zero-order valence-electron chi connectivity index (χ0n) is 5.14. The maximum Gasteiger partial charge on any atom is 0.169 e. The fourth-order valence-corrected chi connectivity index (χ4v) is 0.624. The third-order valence-electron chi connectivity index (χ3n) is 1.04. The molecule has 0 bridgehead atoms. The van der Waals surface area contributed by atoms with Gasteiger partial charge in [0.25, 0.3) is 0 Å². The summed E-state index contributed by atoms with van der Waals surface area (Å²) in [5, 5.41) is 7.12. The molecule has 0 saturated carbocycles. The van der Waals surface area contributed by atoms with Crippen molar-refractivity contribution in [3.8, 4) is 0 Å². The number of furan rings is 1. The van der Waals surface area contributed by atoms with Crippen molar-refractivity contribution in [3.05, 3.63) is 18.1 Å². The molecule has 0 aromatic carbocycles. The summed E-state index contributed by atoms with van der Waals surface area (Å²) in [6.45, 7) is 1.63. The number of nitrogen functional groups attached to an aromatic ring is 1. The molecule has 3 nitrogen and oxygen atoms in total. The lowest BCUT2D eigenvalue weighted by molar-refractivity contribution is 0.558. The summed E-state index contributed by atoms with van der Waals surface area (Å²) in [5.41, 5.74) is 6.30. The van der Waals surface area contributed by atoms with Gasteiger partial charge >= 0.3 is 0 Å². The average Bonchev–Trinajstić information content (AvgIpc) is 2.13. The quantitative estimate of drug-likeness (QED) is 0.553. The average molecular weight is 124 g/mol. The van der Waals surface area contributed by atoms with Crippen molar-refractivity contribution in [3.63, 3.8) is 0 Å². The molecule has 48 valence electrons. The minimum atomic E-state index is 0.359. The molecule has 0 aliphatic rings. The topological polar surface area (TPSA) is 63.0 Å². The van der Waals surface area contributed by atoms with Crippen LogP contribution in [0.4, 0.5) is 5.69 Å². The van der Waals surface area contributed by atoms with Crippen LogP contribution in [0.5, 0.6) is 0 Å². The van der Waals surface area contributed by atoms with Crippen molar-refractivity contribution >= 4 is 11.4 Å². The first-order chi connectivity index (χ1) is 4.22. The van der Waals surface area contributed by atoms with Gasteiger partial charge in [-0.2, -0.15) is 0 Å². The second-order valence-electron chi connectivity index (χ2n) is 1.83. The lowest BCUT2D eigenvalue weighted by atomic mass is 10.3. The molecule has 0 unspecified atom stereocenters. The van der Waals surface area contributed by atoms with E-state index in [1.54, 1.807) is 13.0 Å². The Balaban J connectivity index is 3.08. The minimum absolute atomic E-state index is 0.359. The normalized spacial score (nSPS) is 9.44. The van der Waals surface area contributed by atoms with E-state index >= 15 is 0 Å². The van der Waals surface area contributed by atoms with Crippen LogP contribution >= 0.6 is 0 Å². The SMILES string of the molecule is CC(=N)c1occc1N. The molecule has 0 aliphatic carbocycles. The molecule has 0 atom stereocenters. The van der Waals surface area contributed by atoms with Gasteiger partial charge in [0.15, 0.2) is 5.76 Å². The maximum atomic E-state index is 7.12. The second-order valence-corrected chi connectivity index (χ2v) is 1.83. The van der Waals surface area contributed by atoms with Crippen LogP contribution in [0.2, 0.25) is 0 Å². The van der Waals surface area contributed by atoms with Crippen LogP contribution in [-0.4, -0.2) is 5.71 Å². The van der Waals surface area contributed by atoms with Crippen molar-refractivity contribution in [1.82, 2.24) is 0 Å². The highest BCUT2D eigenvalue weighted by Gasteiger charge is 2.02. The molecule has 0 saturated heterocycles. The van der Waals surface area contributed by atoms with Gasteiger partial charge in [-0.25, -0.2) is 0 Å². The summed E-state index contributed by atoms with van der Waals surface area (Å²) >= 11 is 0. The first-order valence-electron chi connectivity index (χ1n) is 2.60. The Kier molecular flexibility index (Phi) is 1.26. The minimum Gasteiger partial charge on any atom is -0.461 e. The zero-order chi connectivity index (χ0) is 6.85. The first kappa shape index (κ1) is 5.88. The molecule has 0 fully saturated rings. The van der Waals surface area contributed by atoms with Gasteiger partial charge in [0.05, 0.1) is 17.7 Å². The Hall–Kier alpha value is -1.25. The number of anilines is 1. The maximum absolute atomic E-state index is 7.12. The van der Waals surface area contributed by atoms with E-state index in [1.807, 2.05) is 0 Å². The number of hydrogen-bond donors (Lipinski definition) is 2. The van der Waals surface area contributed by atoms with Crippen LogP contribution in [-0.2, 0) is 0 Å². The lowest BCUT2D eigenvalue weighted by Crippen LogP contribution is -1.94. The number of nitrogens with one attached hydrogen (secondary N) is 1. The van der Waals surface area contributed by atoms with Gasteiger partial charge in [-0.1, -0.05) is 0 Å². The van der Waals surface area contributed by atoms with Gasteiger partial charge < -0.3 is 15.6 Å². The number of hydrogen-bond acceptors (Lipinski definition) is 3. The first-order valence-corrected chi connectivity index (χ1v) is 2.60. The fourth-order valence-electron chi connectivity index (χ4n) is 0.624. The summed E-state index contributed by atoms with van der Waals surface area (Å²) in [4.78, 5) is 0. The van der Waals surface area contributed by atoms with Gasteiger partial charge in [0.1, 0.15) is 0 Å². The predicted molar refractivity (Wildman–Crippen MR) is 35.6 cm³/mol. The van der Waals surface area contributed by atoms with Crippen molar-refractivity contribution in [2.75, 3.05) is 5.73 Å². The molecular weight excluding hydrogens is 116 g/mol. The smallest absolute Gasteiger partial charge is 0.169 e. The molecule has 1 rings (SSSR count). The van der Waals surface area contributed by atoms with Gasteiger partial charge in [-0.15, -0.1) is 0 Å². The highest BCUT2D eigenvalue weighted by molar-refractivity contribution is 5.98. The van der Waals surface area contributed by atoms with E-state index < -0.39 is 0 Å². The van der Waals surface area contributed by atoms with Crippen LogP contribution in [0.15, 0.2) is 16.7 Å². The predicted octanol–water partition coefficient (Wildman–Crippen LogP) is 1.25. The van der Waals surface area contributed by atoms with Crippen molar-refractivity contribution < 1.29 is 4.42 Å². The summed E-state index contributed by atoms with van der Waals surface area (Å²) in [6, 6.07) is 1.63.